The number of rotatable bonds is 7. The molecular formula is C28H26N2O6. The van der Waals surface area contributed by atoms with E-state index < -0.39 is 17.7 Å². The van der Waals surface area contributed by atoms with Crippen molar-refractivity contribution >= 4 is 17.4 Å². The van der Waals surface area contributed by atoms with E-state index >= 15 is 0 Å². The van der Waals surface area contributed by atoms with Crippen LogP contribution in [0.4, 0.5) is 0 Å². The number of hydrogen-bond donors (Lipinski definition) is 1. The highest BCUT2D eigenvalue weighted by Gasteiger charge is 2.46. The molecular weight excluding hydrogens is 460 g/mol. The summed E-state index contributed by atoms with van der Waals surface area (Å²) in [4.78, 5) is 32.2. The molecule has 8 nitrogen and oxygen atoms in total. The number of carbonyl (C=O) groups is 2. The molecule has 0 bridgehead atoms. The van der Waals surface area contributed by atoms with Crippen molar-refractivity contribution in [2.24, 2.45) is 5.92 Å². The van der Waals surface area contributed by atoms with Gasteiger partial charge in [-0.2, -0.15) is 0 Å². The minimum atomic E-state index is -0.821. The van der Waals surface area contributed by atoms with Crippen molar-refractivity contribution in [1.29, 1.82) is 0 Å². The van der Waals surface area contributed by atoms with E-state index in [1.54, 1.807) is 36.7 Å². The molecule has 3 aromatic rings. The van der Waals surface area contributed by atoms with Crippen LogP contribution in [0.1, 0.15) is 36.6 Å². The zero-order valence-corrected chi connectivity index (χ0v) is 20.0. The first kappa shape index (κ1) is 23.4. The van der Waals surface area contributed by atoms with E-state index in [4.69, 9.17) is 14.2 Å². The summed E-state index contributed by atoms with van der Waals surface area (Å²) in [5.41, 5.74) is 1.78. The highest BCUT2D eigenvalue weighted by Crippen LogP contribution is 2.42. The van der Waals surface area contributed by atoms with Crippen LogP contribution in [0.15, 0.2) is 72.6 Å². The minimum Gasteiger partial charge on any atom is -0.507 e. The molecule has 1 saturated heterocycles. The maximum Gasteiger partial charge on any atom is 0.295 e. The number of ether oxygens (including phenoxy) is 3. The maximum atomic E-state index is 13.3. The van der Waals surface area contributed by atoms with Gasteiger partial charge in [-0.3, -0.25) is 14.6 Å². The Bertz CT molecular complexity index is 1330. The average Bonchev–Trinajstić information content (AvgIpc) is 3.46. The number of likely N-dealkylation sites (tertiary alicyclic amines) is 1. The highest BCUT2D eigenvalue weighted by molar-refractivity contribution is 6.46. The Morgan fingerprint density at radius 3 is 2.72 bits per heavy atom. The van der Waals surface area contributed by atoms with E-state index in [2.05, 4.69) is 18.8 Å². The standard InChI is InChI=1S/C28H26N2O6/c1-17(2)15-34-21-7-3-6-19(11-21)25-24(26(31)20-8-9-22-23(12-20)36-16-35-22)27(32)28(33)30(25)14-18-5-4-10-29-13-18/h3-13,17,25,31H,14-16H2,1-2H3/b26-24-. The lowest BCUT2D eigenvalue weighted by atomic mass is 9.95. The number of Topliss-reactive ketones (excluding diaryl/α,β-unsaturated/α-hetero) is 1. The molecule has 1 fully saturated rings. The van der Waals surface area contributed by atoms with Crippen LogP contribution in [0.3, 0.4) is 0 Å². The van der Waals surface area contributed by atoms with Crippen molar-refractivity contribution < 1.29 is 28.9 Å². The van der Waals surface area contributed by atoms with Gasteiger partial charge in [-0.25, -0.2) is 0 Å². The third kappa shape index (κ3) is 4.49. The Labute approximate surface area is 208 Å². The monoisotopic (exact) mass is 486 g/mol. The van der Waals surface area contributed by atoms with Crippen molar-refractivity contribution in [3.63, 3.8) is 0 Å². The number of aliphatic hydroxyl groups excluding tert-OH is 1. The second-order valence-corrected chi connectivity index (χ2v) is 9.13. The SMILES string of the molecule is CC(C)COc1cccc(C2/C(=C(/O)c3ccc4c(c3)OCO4)C(=O)C(=O)N2Cc2cccnc2)c1. The van der Waals surface area contributed by atoms with Crippen molar-refractivity contribution in [2.75, 3.05) is 13.4 Å². The molecule has 1 unspecified atom stereocenters. The Morgan fingerprint density at radius 2 is 1.94 bits per heavy atom. The number of pyridine rings is 1. The molecule has 3 heterocycles. The van der Waals surface area contributed by atoms with Crippen molar-refractivity contribution in [3.8, 4) is 17.2 Å². The van der Waals surface area contributed by atoms with Gasteiger partial charge in [0.25, 0.3) is 11.7 Å². The molecule has 1 amide bonds. The lowest BCUT2D eigenvalue weighted by Crippen LogP contribution is -2.29. The molecule has 1 aromatic heterocycles. The van der Waals surface area contributed by atoms with Gasteiger partial charge in [-0.15, -0.1) is 0 Å². The summed E-state index contributed by atoms with van der Waals surface area (Å²) in [5.74, 6) is 0.234. The Balaban J connectivity index is 1.61. The maximum absolute atomic E-state index is 13.3. The number of nitrogens with zero attached hydrogens (tertiary/aromatic N) is 2. The third-order valence-corrected chi connectivity index (χ3v) is 6.02. The predicted octanol–water partition coefficient (Wildman–Crippen LogP) is 4.47. The molecule has 8 heteroatoms. The summed E-state index contributed by atoms with van der Waals surface area (Å²) < 4.78 is 16.7. The molecule has 2 aliphatic heterocycles. The number of fused-ring (bicyclic) bond motifs is 1. The van der Waals surface area contributed by atoms with Crippen LogP contribution in [0.2, 0.25) is 0 Å². The summed E-state index contributed by atoms with van der Waals surface area (Å²) in [5, 5.41) is 11.3. The predicted molar refractivity (Wildman–Crippen MR) is 131 cm³/mol. The molecule has 2 aromatic carbocycles. The van der Waals surface area contributed by atoms with Gasteiger partial charge in [0.1, 0.15) is 11.5 Å². The first-order valence-corrected chi connectivity index (χ1v) is 11.7. The number of ketones is 1. The van der Waals surface area contributed by atoms with Crippen molar-refractivity contribution in [1.82, 2.24) is 9.88 Å². The summed E-state index contributed by atoms with van der Waals surface area (Å²) in [6, 6.07) is 15.0. The zero-order chi connectivity index (χ0) is 25.2. The number of aromatic nitrogens is 1. The molecule has 0 radical (unpaired) electrons. The number of carbonyl (C=O) groups excluding carboxylic acids is 2. The molecule has 184 valence electrons. The van der Waals surface area contributed by atoms with Gasteiger partial charge in [0, 0.05) is 24.5 Å². The molecule has 36 heavy (non-hydrogen) atoms. The number of amides is 1. The highest BCUT2D eigenvalue weighted by atomic mass is 16.7. The molecule has 0 spiro atoms. The summed E-state index contributed by atoms with van der Waals surface area (Å²) >= 11 is 0. The van der Waals surface area contributed by atoms with E-state index in [1.165, 1.54) is 4.90 Å². The van der Waals surface area contributed by atoms with Gasteiger partial charge >= 0.3 is 0 Å². The second kappa shape index (κ2) is 9.73. The fourth-order valence-electron chi connectivity index (χ4n) is 4.31. The Morgan fingerprint density at radius 1 is 1.11 bits per heavy atom. The number of hydrogen-bond acceptors (Lipinski definition) is 7. The molecule has 2 aliphatic rings. The van der Waals surface area contributed by atoms with E-state index in [0.29, 0.717) is 40.9 Å². The van der Waals surface area contributed by atoms with Gasteiger partial charge in [0.05, 0.1) is 18.2 Å². The molecule has 1 N–H and O–H groups in total. The average molecular weight is 487 g/mol. The van der Waals surface area contributed by atoms with Crippen molar-refractivity contribution in [2.45, 2.75) is 26.4 Å². The Kier molecular flexibility index (Phi) is 6.33. The first-order chi connectivity index (χ1) is 17.4. The van der Waals surface area contributed by atoms with Gasteiger partial charge in [-0.05, 0) is 53.4 Å². The topological polar surface area (TPSA) is 98.2 Å². The largest absolute Gasteiger partial charge is 0.507 e. The van der Waals surface area contributed by atoms with Crippen LogP contribution < -0.4 is 14.2 Å². The van der Waals surface area contributed by atoms with Gasteiger partial charge in [0.15, 0.2) is 11.5 Å². The lowest BCUT2D eigenvalue weighted by molar-refractivity contribution is -0.140. The first-order valence-electron chi connectivity index (χ1n) is 11.7. The quantitative estimate of drug-likeness (QED) is 0.299. The summed E-state index contributed by atoms with van der Waals surface area (Å²) in [6.07, 6.45) is 3.29. The van der Waals surface area contributed by atoms with Gasteiger partial charge in [-0.1, -0.05) is 32.0 Å². The minimum absolute atomic E-state index is 0.00349. The van der Waals surface area contributed by atoms with Crippen molar-refractivity contribution in [3.05, 3.63) is 89.3 Å². The number of benzene rings is 2. The molecule has 5 rings (SSSR count). The normalized spacial score (nSPS) is 18.2. The fourth-order valence-corrected chi connectivity index (χ4v) is 4.31. The molecule has 1 atom stereocenters. The number of aliphatic hydroxyl groups is 1. The van der Waals surface area contributed by atoms with Gasteiger partial charge in [0.2, 0.25) is 6.79 Å². The fraction of sp³-hybridized carbons (Fsp3) is 0.250. The van der Waals surface area contributed by atoms with Crippen LogP contribution in [-0.4, -0.2) is 40.1 Å². The van der Waals surface area contributed by atoms with Crippen LogP contribution >= 0.6 is 0 Å². The van der Waals surface area contributed by atoms with Gasteiger partial charge < -0.3 is 24.2 Å². The van der Waals surface area contributed by atoms with Crippen LogP contribution in [0.25, 0.3) is 5.76 Å². The third-order valence-electron chi connectivity index (χ3n) is 6.02. The molecule has 0 aliphatic carbocycles. The van der Waals surface area contributed by atoms with Crippen LogP contribution in [0.5, 0.6) is 17.2 Å². The smallest absolute Gasteiger partial charge is 0.295 e. The van der Waals surface area contributed by atoms with E-state index in [0.717, 1.165) is 5.56 Å². The molecule has 0 saturated carbocycles. The summed E-state index contributed by atoms with van der Waals surface area (Å²) in [7, 11) is 0. The van der Waals surface area contributed by atoms with E-state index in [9.17, 15) is 14.7 Å². The zero-order valence-electron chi connectivity index (χ0n) is 20.0. The van der Waals surface area contributed by atoms with Crippen LogP contribution in [-0.2, 0) is 16.1 Å². The van der Waals surface area contributed by atoms with E-state index in [1.807, 2.05) is 30.3 Å². The summed E-state index contributed by atoms with van der Waals surface area (Å²) in [6.45, 7) is 4.86. The second-order valence-electron chi connectivity index (χ2n) is 9.13. The van der Waals surface area contributed by atoms with E-state index in [-0.39, 0.29) is 24.7 Å². The Hall–Kier alpha value is -4.33. The lowest BCUT2D eigenvalue weighted by Gasteiger charge is -2.25. The van der Waals surface area contributed by atoms with Crippen LogP contribution in [0, 0.1) is 5.92 Å².